The predicted molar refractivity (Wildman–Crippen MR) is 63.2 cm³/mol. The molecule has 0 aromatic heterocycles. The summed E-state index contributed by atoms with van der Waals surface area (Å²) in [7, 11) is 0. The number of aliphatic carboxylic acids is 1. The monoisotopic (exact) mass is 253 g/mol. The molecule has 2 atom stereocenters. The third-order valence-electron chi connectivity index (χ3n) is 2.54. The van der Waals surface area contributed by atoms with E-state index in [0.717, 1.165) is 5.56 Å². The van der Waals surface area contributed by atoms with E-state index in [9.17, 15) is 9.59 Å². The van der Waals surface area contributed by atoms with Crippen LogP contribution in [0, 0.1) is 0 Å². The lowest BCUT2D eigenvalue weighted by atomic mass is 10.1. The van der Waals surface area contributed by atoms with Crippen LogP contribution in [-0.4, -0.2) is 33.9 Å². The minimum Gasteiger partial charge on any atom is -0.480 e. The third kappa shape index (κ3) is 2.59. The minimum absolute atomic E-state index is 0.0843. The number of carbonyl (C=O) groups is 2. The van der Waals surface area contributed by atoms with Gasteiger partial charge in [0.05, 0.1) is 10.9 Å². The van der Waals surface area contributed by atoms with Crippen LogP contribution in [0.1, 0.15) is 21.3 Å². The van der Waals surface area contributed by atoms with Crippen molar-refractivity contribution in [2.24, 2.45) is 0 Å². The van der Waals surface area contributed by atoms with Gasteiger partial charge in [0.25, 0.3) is 0 Å². The lowest BCUT2D eigenvalue weighted by Crippen LogP contribution is -2.33. The predicted octanol–water partition coefficient (Wildman–Crippen LogP) is 1.17. The molecule has 0 saturated carbocycles. The van der Waals surface area contributed by atoms with Crippen LogP contribution >= 0.6 is 11.8 Å². The maximum Gasteiger partial charge on any atom is 0.335 e. The van der Waals surface area contributed by atoms with E-state index in [1.54, 1.807) is 12.1 Å². The molecule has 90 valence electrons. The summed E-state index contributed by atoms with van der Waals surface area (Å²) in [4.78, 5) is 21.4. The quantitative estimate of drug-likeness (QED) is 0.749. The lowest BCUT2D eigenvalue weighted by molar-refractivity contribution is -0.138. The summed E-state index contributed by atoms with van der Waals surface area (Å²) in [5.41, 5.74) is 1.12. The molecule has 2 unspecified atom stereocenters. The molecule has 1 fully saturated rings. The molecule has 0 radical (unpaired) electrons. The molecular formula is C11H11NO4S. The standard InChI is InChI=1S/C11H11NO4S/c13-10(14)7-3-1-6(2-4-7)9-12-8(5-17-9)11(15)16/h1-4,8-9,12H,5H2,(H,13,14)(H,15,16). The largest absolute Gasteiger partial charge is 0.480 e. The van der Waals surface area contributed by atoms with E-state index in [2.05, 4.69) is 5.32 Å². The molecule has 0 aliphatic carbocycles. The minimum atomic E-state index is -0.966. The van der Waals surface area contributed by atoms with Crippen molar-refractivity contribution in [1.29, 1.82) is 0 Å². The number of nitrogens with one attached hydrogen (secondary N) is 1. The van der Waals surface area contributed by atoms with Gasteiger partial charge in [-0.05, 0) is 17.7 Å². The van der Waals surface area contributed by atoms with Gasteiger partial charge < -0.3 is 10.2 Å². The molecule has 1 aromatic carbocycles. The number of aromatic carboxylic acids is 1. The van der Waals surface area contributed by atoms with Crippen molar-refractivity contribution in [3.05, 3.63) is 35.4 Å². The first-order valence-corrected chi connectivity index (χ1v) is 6.06. The van der Waals surface area contributed by atoms with Crippen LogP contribution < -0.4 is 5.32 Å². The van der Waals surface area contributed by atoms with Gasteiger partial charge in [-0.15, -0.1) is 11.8 Å². The molecule has 0 spiro atoms. The van der Waals surface area contributed by atoms with Gasteiger partial charge >= 0.3 is 11.9 Å². The number of benzene rings is 1. The Labute approximate surface area is 102 Å². The van der Waals surface area contributed by atoms with Gasteiger partial charge in [0, 0.05) is 5.75 Å². The number of carboxylic acid groups (broad SMARTS) is 2. The number of rotatable bonds is 3. The molecule has 1 heterocycles. The van der Waals surface area contributed by atoms with E-state index in [-0.39, 0.29) is 10.9 Å². The normalized spacial score (nSPS) is 23.5. The van der Waals surface area contributed by atoms with E-state index >= 15 is 0 Å². The summed E-state index contributed by atoms with van der Waals surface area (Å²) in [6, 6.07) is 5.92. The molecule has 1 aliphatic rings. The molecule has 1 saturated heterocycles. The zero-order chi connectivity index (χ0) is 12.4. The van der Waals surface area contributed by atoms with E-state index in [0.29, 0.717) is 5.75 Å². The Balaban J connectivity index is 2.09. The van der Waals surface area contributed by atoms with E-state index < -0.39 is 18.0 Å². The Morgan fingerprint density at radius 2 is 1.88 bits per heavy atom. The van der Waals surface area contributed by atoms with Crippen LogP contribution in [0.2, 0.25) is 0 Å². The molecule has 6 heteroatoms. The number of carboxylic acids is 2. The van der Waals surface area contributed by atoms with Crippen molar-refractivity contribution in [3.63, 3.8) is 0 Å². The highest BCUT2D eigenvalue weighted by Crippen LogP contribution is 2.32. The van der Waals surface area contributed by atoms with Crippen molar-refractivity contribution < 1.29 is 19.8 Å². The zero-order valence-corrected chi connectivity index (χ0v) is 9.61. The van der Waals surface area contributed by atoms with Crippen LogP contribution in [0.25, 0.3) is 0 Å². The fraction of sp³-hybridized carbons (Fsp3) is 0.273. The van der Waals surface area contributed by atoms with Gasteiger partial charge in [-0.25, -0.2) is 4.79 Å². The van der Waals surface area contributed by atoms with Gasteiger partial charge in [-0.3, -0.25) is 10.1 Å². The maximum absolute atomic E-state index is 10.8. The van der Waals surface area contributed by atoms with Gasteiger partial charge in [-0.2, -0.15) is 0 Å². The van der Waals surface area contributed by atoms with Crippen molar-refractivity contribution in [2.75, 3.05) is 5.75 Å². The second-order valence-electron chi connectivity index (χ2n) is 3.70. The molecule has 1 aliphatic heterocycles. The summed E-state index contributed by atoms with van der Waals surface area (Å²) in [6.45, 7) is 0. The topological polar surface area (TPSA) is 86.6 Å². The Morgan fingerprint density at radius 3 is 2.35 bits per heavy atom. The highest BCUT2D eigenvalue weighted by Gasteiger charge is 2.30. The first-order chi connectivity index (χ1) is 8.08. The summed E-state index contributed by atoms with van der Waals surface area (Å²) >= 11 is 1.51. The first kappa shape index (κ1) is 11.9. The Bertz CT molecular complexity index is 445. The average molecular weight is 253 g/mol. The molecule has 1 aromatic rings. The molecule has 0 bridgehead atoms. The highest BCUT2D eigenvalue weighted by molar-refractivity contribution is 7.99. The van der Waals surface area contributed by atoms with Crippen molar-refractivity contribution >= 4 is 23.7 Å². The van der Waals surface area contributed by atoms with E-state index in [4.69, 9.17) is 10.2 Å². The number of hydrogen-bond donors (Lipinski definition) is 3. The van der Waals surface area contributed by atoms with Gasteiger partial charge in [0.2, 0.25) is 0 Å². The Morgan fingerprint density at radius 1 is 1.24 bits per heavy atom. The number of thioether (sulfide) groups is 1. The average Bonchev–Trinajstić information content (AvgIpc) is 2.78. The molecular weight excluding hydrogens is 242 g/mol. The fourth-order valence-electron chi connectivity index (χ4n) is 1.61. The first-order valence-electron chi connectivity index (χ1n) is 5.01. The van der Waals surface area contributed by atoms with Crippen LogP contribution in [0.4, 0.5) is 0 Å². The molecule has 2 rings (SSSR count). The SMILES string of the molecule is O=C(O)c1ccc(C2NC(C(=O)O)CS2)cc1. The van der Waals surface area contributed by atoms with Crippen molar-refractivity contribution in [2.45, 2.75) is 11.4 Å². The summed E-state index contributed by atoms with van der Waals surface area (Å²) in [6.07, 6.45) is 0. The third-order valence-corrected chi connectivity index (χ3v) is 3.81. The van der Waals surface area contributed by atoms with Gasteiger partial charge in [0.15, 0.2) is 0 Å². The fourth-order valence-corrected chi connectivity index (χ4v) is 2.84. The van der Waals surface area contributed by atoms with Crippen LogP contribution in [0.15, 0.2) is 24.3 Å². The Kier molecular flexibility index (Phi) is 3.35. The van der Waals surface area contributed by atoms with E-state index in [1.165, 1.54) is 23.9 Å². The summed E-state index contributed by atoms with van der Waals surface area (Å²) in [5, 5.41) is 20.5. The second-order valence-corrected chi connectivity index (χ2v) is 4.84. The molecule has 0 amide bonds. The Hall–Kier alpha value is -1.53. The molecule has 5 nitrogen and oxygen atoms in total. The van der Waals surface area contributed by atoms with Crippen LogP contribution in [0.3, 0.4) is 0 Å². The highest BCUT2D eigenvalue weighted by atomic mass is 32.2. The molecule has 3 N–H and O–H groups in total. The summed E-state index contributed by atoms with van der Waals surface area (Å²) < 4.78 is 0. The second kappa shape index (κ2) is 4.77. The van der Waals surface area contributed by atoms with Gasteiger partial charge in [-0.1, -0.05) is 12.1 Å². The lowest BCUT2D eigenvalue weighted by Gasteiger charge is -2.11. The number of hydrogen-bond acceptors (Lipinski definition) is 4. The zero-order valence-electron chi connectivity index (χ0n) is 8.79. The van der Waals surface area contributed by atoms with Crippen molar-refractivity contribution in [1.82, 2.24) is 5.32 Å². The van der Waals surface area contributed by atoms with Crippen LogP contribution in [0.5, 0.6) is 0 Å². The summed E-state index contributed by atoms with van der Waals surface area (Å²) in [5.74, 6) is -1.31. The van der Waals surface area contributed by atoms with Crippen LogP contribution in [-0.2, 0) is 4.79 Å². The maximum atomic E-state index is 10.8. The smallest absolute Gasteiger partial charge is 0.335 e. The van der Waals surface area contributed by atoms with Gasteiger partial charge in [0.1, 0.15) is 6.04 Å². The van der Waals surface area contributed by atoms with E-state index in [1.807, 2.05) is 0 Å². The van der Waals surface area contributed by atoms with Crippen molar-refractivity contribution in [3.8, 4) is 0 Å². The molecule has 17 heavy (non-hydrogen) atoms.